The van der Waals surface area contributed by atoms with Crippen LogP contribution in [0.4, 0.5) is 0 Å². The van der Waals surface area contributed by atoms with E-state index in [0.29, 0.717) is 12.3 Å². The zero-order chi connectivity index (χ0) is 15.4. The van der Waals surface area contributed by atoms with E-state index in [1.54, 1.807) is 0 Å². The van der Waals surface area contributed by atoms with Crippen molar-refractivity contribution in [1.29, 1.82) is 0 Å². The molecular weight excluding hydrogens is 282 g/mol. The number of piperidine rings is 1. The Bertz CT molecular complexity index is 489. The molecule has 6 nitrogen and oxygen atoms in total. The monoisotopic (exact) mass is 307 g/mol. The summed E-state index contributed by atoms with van der Waals surface area (Å²) in [4.78, 5) is 16.8. The average molecular weight is 307 g/mol. The number of likely N-dealkylation sites (tertiary alicyclic amines) is 1. The summed E-state index contributed by atoms with van der Waals surface area (Å²) < 4.78 is 10.4. The Morgan fingerprint density at radius 1 is 1.27 bits per heavy atom. The molecule has 22 heavy (non-hydrogen) atoms. The molecule has 0 N–H and O–H groups in total. The summed E-state index contributed by atoms with van der Waals surface area (Å²) in [5.41, 5.74) is 0.734. The Morgan fingerprint density at radius 3 is 2.64 bits per heavy atom. The highest BCUT2D eigenvalue weighted by Crippen LogP contribution is 2.19. The minimum absolute atomic E-state index is 0.165. The third kappa shape index (κ3) is 4.08. The smallest absolute Gasteiger partial charge is 0.228 e. The summed E-state index contributed by atoms with van der Waals surface area (Å²) in [6, 6.07) is 1.84. The highest BCUT2D eigenvalue weighted by molar-refractivity contribution is 5.78. The molecule has 1 aromatic rings. The van der Waals surface area contributed by atoms with Crippen molar-refractivity contribution in [2.75, 3.05) is 45.9 Å². The number of aromatic nitrogens is 1. The van der Waals surface area contributed by atoms with Gasteiger partial charge in [-0.3, -0.25) is 9.69 Å². The highest BCUT2D eigenvalue weighted by Gasteiger charge is 2.25. The summed E-state index contributed by atoms with van der Waals surface area (Å²) >= 11 is 0. The van der Waals surface area contributed by atoms with Crippen LogP contribution in [0.15, 0.2) is 10.6 Å². The molecule has 3 heterocycles. The molecule has 2 aliphatic heterocycles. The topological polar surface area (TPSA) is 58.8 Å². The number of hydrogen-bond acceptors (Lipinski definition) is 5. The van der Waals surface area contributed by atoms with Gasteiger partial charge in [-0.25, -0.2) is 0 Å². The molecule has 0 spiro atoms. The second-order valence-corrected chi connectivity index (χ2v) is 6.34. The minimum Gasteiger partial charge on any atom is -0.379 e. The van der Waals surface area contributed by atoms with Gasteiger partial charge in [-0.1, -0.05) is 5.16 Å². The maximum absolute atomic E-state index is 12.3. The molecule has 0 unspecified atom stereocenters. The molecule has 2 aliphatic rings. The fraction of sp³-hybridized carbons (Fsp3) is 0.750. The first kappa shape index (κ1) is 15.5. The third-order valence-corrected chi connectivity index (χ3v) is 4.60. The van der Waals surface area contributed by atoms with Gasteiger partial charge < -0.3 is 14.2 Å². The van der Waals surface area contributed by atoms with Gasteiger partial charge in [0.2, 0.25) is 5.91 Å². The lowest BCUT2D eigenvalue weighted by atomic mass is 9.95. The molecule has 2 fully saturated rings. The van der Waals surface area contributed by atoms with E-state index in [-0.39, 0.29) is 5.91 Å². The summed E-state index contributed by atoms with van der Waals surface area (Å²) in [6.45, 7) is 8.53. The molecular formula is C16H25N3O3. The summed E-state index contributed by atoms with van der Waals surface area (Å²) in [6.07, 6.45) is 2.55. The number of carbonyl (C=O) groups excluding carboxylic acids is 1. The van der Waals surface area contributed by atoms with Crippen molar-refractivity contribution >= 4 is 5.91 Å². The largest absolute Gasteiger partial charge is 0.379 e. The first-order chi connectivity index (χ1) is 10.7. The molecule has 122 valence electrons. The normalized spacial score (nSPS) is 21.2. The van der Waals surface area contributed by atoms with Crippen LogP contribution >= 0.6 is 0 Å². The molecule has 1 amide bonds. The van der Waals surface area contributed by atoms with E-state index in [4.69, 9.17) is 9.26 Å². The second-order valence-electron chi connectivity index (χ2n) is 6.34. The zero-order valence-electron chi connectivity index (χ0n) is 13.3. The van der Waals surface area contributed by atoms with Crippen molar-refractivity contribution in [2.24, 2.45) is 5.92 Å². The minimum atomic E-state index is 0.165. The van der Waals surface area contributed by atoms with Crippen LogP contribution in [0.1, 0.15) is 24.3 Å². The predicted octanol–water partition coefficient (Wildman–Crippen LogP) is 1.10. The van der Waals surface area contributed by atoms with E-state index in [9.17, 15) is 4.79 Å². The molecule has 0 aromatic carbocycles. The number of morpholine rings is 1. The number of aryl methyl sites for hydroxylation is 1. The van der Waals surface area contributed by atoms with Gasteiger partial charge in [-0.2, -0.15) is 0 Å². The van der Waals surface area contributed by atoms with Crippen LogP contribution in [-0.4, -0.2) is 66.8 Å². The van der Waals surface area contributed by atoms with Gasteiger partial charge in [0.25, 0.3) is 0 Å². The molecule has 2 saturated heterocycles. The third-order valence-electron chi connectivity index (χ3n) is 4.60. The molecule has 0 aliphatic carbocycles. The van der Waals surface area contributed by atoms with Crippen LogP contribution in [0.3, 0.4) is 0 Å². The van der Waals surface area contributed by atoms with E-state index < -0.39 is 0 Å². The Labute approximate surface area is 131 Å². The van der Waals surface area contributed by atoms with Crippen molar-refractivity contribution in [3.05, 3.63) is 17.5 Å². The Kier molecular flexibility index (Phi) is 5.10. The van der Waals surface area contributed by atoms with Crippen LogP contribution in [0.25, 0.3) is 0 Å². The molecule has 6 heteroatoms. The maximum atomic E-state index is 12.3. The van der Waals surface area contributed by atoms with Gasteiger partial charge >= 0.3 is 0 Å². The van der Waals surface area contributed by atoms with Crippen LogP contribution in [0.5, 0.6) is 0 Å². The quantitative estimate of drug-likeness (QED) is 0.833. The lowest BCUT2D eigenvalue weighted by molar-refractivity contribution is -0.132. The fourth-order valence-corrected chi connectivity index (χ4v) is 3.28. The van der Waals surface area contributed by atoms with Gasteiger partial charge in [0.1, 0.15) is 5.76 Å². The lowest BCUT2D eigenvalue weighted by Crippen LogP contribution is -2.44. The Hall–Kier alpha value is -1.40. The SMILES string of the molecule is Cc1cc(CC(=O)N2CCC(CN3CCOCC3)CC2)no1. The summed E-state index contributed by atoms with van der Waals surface area (Å²) in [5.74, 6) is 1.63. The molecule has 0 atom stereocenters. The van der Waals surface area contributed by atoms with Crippen LogP contribution in [0.2, 0.25) is 0 Å². The number of carbonyl (C=O) groups is 1. The second kappa shape index (κ2) is 7.24. The first-order valence-electron chi connectivity index (χ1n) is 8.21. The number of amides is 1. The Balaban J connectivity index is 1.41. The number of rotatable bonds is 4. The number of ether oxygens (including phenoxy) is 1. The molecule has 0 bridgehead atoms. The average Bonchev–Trinajstić information content (AvgIpc) is 2.94. The maximum Gasteiger partial charge on any atom is 0.228 e. The fourth-order valence-electron chi connectivity index (χ4n) is 3.28. The van der Waals surface area contributed by atoms with Gasteiger partial charge in [0.15, 0.2) is 0 Å². The van der Waals surface area contributed by atoms with Gasteiger partial charge in [-0.05, 0) is 25.7 Å². The van der Waals surface area contributed by atoms with Gasteiger partial charge in [-0.15, -0.1) is 0 Å². The number of hydrogen-bond donors (Lipinski definition) is 0. The van der Waals surface area contributed by atoms with E-state index in [0.717, 1.165) is 70.2 Å². The molecule has 3 rings (SSSR count). The highest BCUT2D eigenvalue weighted by atomic mass is 16.5. The van der Waals surface area contributed by atoms with E-state index in [1.807, 2.05) is 17.9 Å². The molecule has 1 aromatic heterocycles. The van der Waals surface area contributed by atoms with Crippen LogP contribution in [-0.2, 0) is 16.0 Å². The Morgan fingerprint density at radius 2 is 2.00 bits per heavy atom. The molecule has 0 saturated carbocycles. The van der Waals surface area contributed by atoms with Crippen molar-refractivity contribution < 1.29 is 14.1 Å². The van der Waals surface area contributed by atoms with Crippen molar-refractivity contribution in [3.8, 4) is 0 Å². The van der Waals surface area contributed by atoms with Crippen molar-refractivity contribution in [1.82, 2.24) is 15.0 Å². The van der Waals surface area contributed by atoms with E-state index in [2.05, 4.69) is 10.1 Å². The van der Waals surface area contributed by atoms with E-state index >= 15 is 0 Å². The first-order valence-corrected chi connectivity index (χ1v) is 8.21. The van der Waals surface area contributed by atoms with Crippen LogP contribution < -0.4 is 0 Å². The zero-order valence-corrected chi connectivity index (χ0v) is 13.3. The number of nitrogens with zero attached hydrogens (tertiary/aromatic N) is 3. The standard InChI is InChI=1S/C16H25N3O3/c1-13-10-15(17-22-13)11-16(20)19-4-2-14(3-5-19)12-18-6-8-21-9-7-18/h10,14H,2-9,11-12H2,1H3. The summed E-state index contributed by atoms with van der Waals surface area (Å²) in [7, 11) is 0. The lowest BCUT2D eigenvalue weighted by Gasteiger charge is -2.36. The van der Waals surface area contributed by atoms with Crippen LogP contribution in [0, 0.1) is 12.8 Å². The van der Waals surface area contributed by atoms with E-state index in [1.165, 1.54) is 0 Å². The van der Waals surface area contributed by atoms with Crippen molar-refractivity contribution in [2.45, 2.75) is 26.2 Å². The predicted molar refractivity (Wildman–Crippen MR) is 81.5 cm³/mol. The van der Waals surface area contributed by atoms with Crippen molar-refractivity contribution in [3.63, 3.8) is 0 Å². The summed E-state index contributed by atoms with van der Waals surface area (Å²) in [5, 5.41) is 3.90. The van der Waals surface area contributed by atoms with Gasteiger partial charge in [0, 0.05) is 38.8 Å². The molecule has 0 radical (unpaired) electrons. The van der Waals surface area contributed by atoms with Gasteiger partial charge in [0.05, 0.1) is 25.3 Å².